The lowest BCUT2D eigenvalue weighted by Gasteiger charge is -2.12. The Bertz CT molecular complexity index is 2950. The molecule has 0 atom stereocenters. The molecule has 258 valence electrons. The van der Waals surface area contributed by atoms with Crippen molar-refractivity contribution in [2.24, 2.45) is 0 Å². The number of hydrogen-bond acceptors (Lipinski definition) is 3. The van der Waals surface area contributed by atoms with E-state index in [4.69, 9.17) is 0 Å². The fourth-order valence-electron chi connectivity index (χ4n) is 7.63. The molecule has 10 rings (SSSR count). The number of rotatable bonds is 7. The van der Waals surface area contributed by atoms with Gasteiger partial charge in [-0.25, -0.2) is 9.97 Å². The highest BCUT2D eigenvalue weighted by Gasteiger charge is 2.18. The predicted molar refractivity (Wildman–Crippen MR) is 233 cm³/mol. The van der Waals surface area contributed by atoms with Gasteiger partial charge < -0.3 is 0 Å². The van der Waals surface area contributed by atoms with Crippen LogP contribution in [0.15, 0.2) is 207 Å². The van der Waals surface area contributed by atoms with Crippen LogP contribution in [0.2, 0.25) is 0 Å². The van der Waals surface area contributed by atoms with Crippen molar-refractivity contribution in [3.05, 3.63) is 207 Å². The van der Waals surface area contributed by atoms with Crippen LogP contribution in [-0.2, 0) is 0 Å². The molecule has 8 aromatic carbocycles. The summed E-state index contributed by atoms with van der Waals surface area (Å²) in [7, 11) is 0. The van der Waals surface area contributed by atoms with Gasteiger partial charge in [-0.2, -0.15) is 0 Å². The first-order chi connectivity index (χ1) is 27.2. The lowest BCUT2D eigenvalue weighted by Crippen LogP contribution is -1.90. The van der Waals surface area contributed by atoms with Gasteiger partial charge in [0, 0.05) is 42.4 Å². The second-order valence-electron chi connectivity index (χ2n) is 13.8. The summed E-state index contributed by atoms with van der Waals surface area (Å²) in [6, 6.07) is 71.9. The van der Waals surface area contributed by atoms with Crippen molar-refractivity contribution < 1.29 is 0 Å². The lowest BCUT2D eigenvalue weighted by atomic mass is 9.92. The molecule has 0 aliphatic heterocycles. The first kappa shape index (κ1) is 32.7. The Morgan fingerprint density at radius 3 is 1.22 bits per heavy atom. The first-order valence-corrected chi connectivity index (χ1v) is 19.4. The number of hydrogen-bond donors (Lipinski definition) is 0. The number of aromatic nitrogens is 2. The quantitative estimate of drug-likeness (QED) is 0.164. The van der Waals surface area contributed by atoms with Gasteiger partial charge in [0.15, 0.2) is 0 Å². The van der Waals surface area contributed by atoms with E-state index < -0.39 is 0 Å². The molecule has 2 nitrogen and oxygen atoms in total. The highest BCUT2D eigenvalue weighted by atomic mass is 32.1. The molecule has 0 bridgehead atoms. The zero-order valence-corrected chi connectivity index (χ0v) is 30.7. The maximum absolute atomic E-state index is 4.67. The van der Waals surface area contributed by atoms with E-state index in [1.807, 2.05) is 29.5 Å². The van der Waals surface area contributed by atoms with E-state index in [0.29, 0.717) is 0 Å². The van der Waals surface area contributed by atoms with Crippen LogP contribution in [-0.4, -0.2) is 9.97 Å². The number of nitrogens with zero attached hydrogens (tertiary/aromatic N) is 2. The van der Waals surface area contributed by atoms with Crippen LogP contribution in [0.5, 0.6) is 0 Å². The van der Waals surface area contributed by atoms with Crippen LogP contribution in [0.25, 0.3) is 98.3 Å². The molecule has 0 saturated carbocycles. The van der Waals surface area contributed by atoms with Gasteiger partial charge >= 0.3 is 0 Å². The SMILES string of the molecule is c1ccc(-c2cc(-c3ccccc3)c3sc4c(-c5cccc(-c6cccc(-c7cc(-c8ccccc8)ncn7)c6)c5)cc(-c5ccccc5)cc4c3c2)cc1. The minimum Gasteiger partial charge on any atom is -0.236 e. The third-order valence-electron chi connectivity index (χ3n) is 10.4. The minimum atomic E-state index is 0.901. The molecular weight excluding hydrogens is 685 g/mol. The average molecular weight is 719 g/mol. The van der Waals surface area contributed by atoms with Crippen molar-refractivity contribution in [3.63, 3.8) is 0 Å². The Morgan fingerprint density at radius 2 is 0.673 bits per heavy atom. The van der Waals surface area contributed by atoms with Gasteiger partial charge in [0.05, 0.1) is 11.4 Å². The smallest absolute Gasteiger partial charge is 0.116 e. The van der Waals surface area contributed by atoms with E-state index in [2.05, 4.69) is 192 Å². The topological polar surface area (TPSA) is 25.8 Å². The van der Waals surface area contributed by atoms with Gasteiger partial charge in [-0.05, 0) is 87.0 Å². The van der Waals surface area contributed by atoms with Crippen molar-refractivity contribution in [1.82, 2.24) is 9.97 Å². The van der Waals surface area contributed by atoms with Gasteiger partial charge in [0.2, 0.25) is 0 Å². The molecule has 2 aromatic heterocycles. The molecule has 0 spiro atoms. The average Bonchev–Trinajstić information content (AvgIpc) is 3.66. The summed E-state index contributed by atoms with van der Waals surface area (Å²) < 4.78 is 2.59. The van der Waals surface area contributed by atoms with E-state index in [1.165, 1.54) is 64.7 Å². The molecule has 3 heteroatoms. The summed E-state index contributed by atoms with van der Waals surface area (Å²) in [5.41, 5.74) is 16.0. The van der Waals surface area contributed by atoms with Crippen molar-refractivity contribution in [3.8, 4) is 78.1 Å². The molecule has 0 N–H and O–H groups in total. The summed E-state index contributed by atoms with van der Waals surface area (Å²) in [6.07, 6.45) is 1.66. The number of fused-ring (bicyclic) bond motifs is 3. The molecule has 0 saturated heterocycles. The largest absolute Gasteiger partial charge is 0.236 e. The van der Waals surface area contributed by atoms with Crippen LogP contribution in [0, 0.1) is 0 Å². The van der Waals surface area contributed by atoms with Crippen molar-refractivity contribution in [1.29, 1.82) is 0 Å². The minimum absolute atomic E-state index is 0.901. The van der Waals surface area contributed by atoms with E-state index in [1.54, 1.807) is 6.33 Å². The Balaban J connectivity index is 1.15. The third kappa shape index (κ3) is 6.31. The molecule has 0 radical (unpaired) electrons. The Kier molecular flexibility index (Phi) is 8.40. The van der Waals surface area contributed by atoms with Crippen molar-refractivity contribution in [2.45, 2.75) is 0 Å². The first-order valence-electron chi connectivity index (χ1n) is 18.5. The molecule has 2 heterocycles. The highest BCUT2D eigenvalue weighted by molar-refractivity contribution is 7.27. The molecular formula is C52H34N2S. The molecule has 0 unspecified atom stereocenters. The maximum Gasteiger partial charge on any atom is 0.116 e. The molecule has 0 fully saturated rings. The normalized spacial score (nSPS) is 11.3. The lowest BCUT2D eigenvalue weighted by molar-refractivity contribution is 1.18. The van der Waals surface area contributed by atoms with E-state index in [9.17, 15) is 0 Å². The summed E-state index contributed by atoms with van der Waals surface area (Å²) in [5, 5.41) is 2.56. The van der Waals surface area contributed by atoms with Crippen LogP contribution in [0.1, 0.15) is 0 Å². The Labute approximate surface area is 324 Å². The second kappa shape index (κ2) is 14.1. The molecule has 0 amide bonds. The third-order valence-corrected chi connectivity index (χ3v) is 11.7. The predicted octanol–water partition coefficient (Wildman–Crippen LogP) is 14.5. The second-order valence-corrected chi connectivity index (χ2v) is 14.8. The van der Waals surface area contributed by atoms with Gasteiger partial charge in [-0.1, -0.05) is 158 Å². The zero-order chi connectivity index (χ0) is 36.6. The van der Waals surface area contributed by atoms with E-state index in [0.717, 1.165) is 33.6 Å². The van der Waals surface area contributed by atoms with Crippen molar-refractivity contribution in [2.75, 3.05) is 0 Å². The zero-order valence-electron chi connectivity index (χ0n) is 29.9. The summed E-state index contributed by atoms with van der Waals surface area (Å²) in [5.74, 6) is 0. The Morgan fingerprint density at radius 1 is 0.273 bits per heavy atom. The summed E-state index contributed by atoms with van der Waals surface area (Å²) >= 11 is 1.90. The standard InChI is InChI=1S/C52H34N2S/c1-5-15-35(16-6-1)43-29-45(37-19-9-3-10-20-37)51-47(31-43)48-32-44(36-17-7-2-8-18-36)30-46(52(48)55-51)41-25-13-23-39(27-41)40-24-14-26-42(28-40)50-33-49(53-34-54-50)38-21-11-4-12-22-38/h1-34H. The number of thiophene rings is 1. The maximum atomic E-state index is 4.67. The monoisotopic (exact) mass is 718 g/mol. The number of benzene rings is 8. The van der Waals surface area contributed by atoms with Gasteiger partial charge in [0.25, 0.3) is 0 Å². The molecule has 10 aromatic rings. The fraction of sp³-hybridized carbons (Fsp3) is 0. The van der Waals surface area contributed by atoms with Gasteiger partial charge in [0.1, 0.15) is 6.33 Å². The van der Waals surface area contributed by atoms with E-state index in [-0.39, 0.29) is 0 Å². The molecule has 0 aliphatic rings. The summed E-state index contributed by atoms with van der Waals surface area (Å²) in [6.45, 7) is 0. The highest BCUT2D eigenvalue weighted by Crippen LogP contribution is 2.47. The van der Waals surface area contributed by atoms with Crippen LogP contribution < -0.4 is 0 Å². The molecule has 55 heavy (non-hydrogen) atoms. The fourth-order valence-corrected chi connectivity index (χ4v) is 8.96. The van der Waals surface area contributed by atoms with Crippen molar-refractivity contribution >= 4 is 31.5 Å². The Hall–Kier alpha value is -6.94. The van der Waals surface area contributed by atoms with Crippen LogP contribution in [0.3, 0.4) is 0 Å². The van der Waals surface area contributed by atoms with Crippen LogP contribution >= 0.6 is 11.3 Å². The van der Waals surface area contributed by atoms with Gasteiger partial charge in [-0.15, -0.1) is 11.3 Å². The van der Waals surface area contributed by atoms with Crippen LogP contribution in [0.4, 0.5) is 0 Å². The molecule has 0 aliphatic carbocycles. The summed E-state index contributed by atoms with van der Waals surface area (Å²) in [4.78, 5) is 9.24. The van der Waals surface area contributed by atoms with E-state index >= 15 is 0 Å². The van der Waals surface area contributed by atoms with Gasteiger partial charge in [-0.3, -0.25) is 0 Å².